The fourth-order valence-corrected chi connectivity index (χ4v) is 3.23. The lowest BCUT2D eigenvalue weighted by Gasteiger charge is -2.62. The zero-order valence-corrected chi connectivity index (χ0v) is 12.9. The van der Waals surface area contributed by atoms with Gasteiger partial charge in [-0.1, -0.05) is 12.1 Å². The smallest absolute Gasteiger partial charge is 0.305 e. The molecule has 2 rings (SSSR count). The van der Waals surface area contributed by atoms with Crippen molar-refractivity contribution < 1.29 is 40.2 Å². The van der Waals surface area contributed by atoms with E-state index in [2.05, 4.69) is 4.74 Å². The van der Waals surface area contributed by atoms with Crippen LogP contribution in [0.25, 0.3) is 0 Å². The zero-order chi connectivity index (χ0) is 18.3. The van der Waals surface area contributed by atoms with E-state index in [1.54, 1.807) is 0 Å². The van der Waals surface area contributed by atoms with Crippen molar-refractivity contribution in [3.05, 3.63) is 29.8 Å². The van der Waals surface area contributed by atoms with Gasteiger partial charge in [-0.2, -0.15) is 0 Å². The van der Waals surface area contributed by atoms with E-state index in [4.69, 9.17) is 10.8 Å². The van der Waals surface area contributed by atoms with Crippen molar-refractivity contribution in [1.29, 1.82) is 0 Å². The topological polar surface area (TPSA) is 174 Å². The van der Waals surface area contributed by atoms with E-state index in [-0.39, 0.29) is 5.56 Å². The summed E-state index contributed by atoms with van der Waals surface area (Å²) in [6, 6.07) is 5.72. The Kier molecular flexibility index (Phi) is 4.86. The molecule has 1 aromatic rings. The van der Waals surface area contributed by atoms with Crippen LogP contribution in [0.5, 0.6) is 0 Å². The van der Waals surface area contributed by atoms with Crippen LogP contribution >= 0.6 is 0 Å². The summed E-state index contributed by atoms with van der Waals surface area (Å²) >= 11 is 0. The first kappa shape index (κ1) is 18.6. The average molecular weight is 343 g/mol. The standard InChI is InChI=1S/C15H21NO8/c1-7(18)24-13(21)15(23)11(8-2-4-9(16)5-3-8)14(22,12(15)20)10(19)6-17/h2-5,10-13,17,19-23H,6,16H2,1H3/t10-,11?,12+,13?,14+,15-/m1/s1. The van der Waals surface area contributed by atoms with E-state index in [1.165, 1.54) is 24.3 Å². The van der Waals surface area contributed by atoms with Crippen LogP contribution in [0.2, 0.25) is 0 Å². The number of carbonyl (C=O) groups is 1. The Morgan fingerprint density at radius 1 is 1.25 bits per heavy atom. The van der Waals surface area contributed by atoms with E-state index in [9.17, 15) is 30.3 Å². The van der Waals surface area contributed by atoms with Crippen LogP contribution in [0, 0.1) is 0 Å². The summed E-state index contributed by atoms with van der Waals surface area (Å²) in [6.45, 7) is 0.0867. The highest BCUT2D eigenvalue weighted by Crippen LogP contribution is 2.57. The van der Waals surface area contributed by atoms with Gasteiger partial charge in [0.25, 0.3) is 0 Å². The Hall–Kier alpha value is -1.75. The first-order valence-corrected chi connectivity index (χ1v) is 7.22. The van der Waals surface area contributed by atoms with Gasteiger partial charge >= 0.3 is 5.97 Å². The van der Waals surface area contributed by atoms with Crippen molar-refractivity contribution in [2.45, 2.75) is 42.5 Å². The molecule has 1 aliphatic carbocycles. The minimum Gasteiger partial charge on any atom is -0.433 e. The number of anilines is 1. The van der Waals surface area contributed by atoms with Crippen LogP contribution in [-0.4, -0.2) is 72.9 Å². The number of hydrogen-bond acceptors (Lipinski definition) is 9. The molecule has 0 aromatic heterocycles. The molecule has 0 spiro atoms. The zero-order valence-electron chi connectivity index (χ0n) is 12.9. The fraction of sp³-hybridized carbons (Fsp3) is 0.533. The quantitative estimate of drug-likeness (QED) is 0.172. The number of aliphatic hydroxyl groups excluding tert-OH is 4. The molecule has 1 fully saturated rings. The van der Waals surface area contributed by atoms with Gasteiger partial charge in [0.15, 0.2) is 5.60 Å². The van der Waals surface area contributed by atoms with E-state index in [1.807, 2.05) is 0 Å². The van der Waals surface area contributed by atoms with Gasteiger partial charge in [-0.05, 0) is 17.7 Å². The molecular weight excluding hydrogens is 322 g/mol. The SMILES string of the molecule is CC(=O)OC(O)[C@@]1(O)C(c2ccc(N)cc2)[C@@](O)([C@H](O)CO)[C@@H]1O. The highest BCUT2D eigenvalue weighted by Gasteiger charge is 2.76. The largest absolute Gasteiger partial charge is 0.433 e. The Bertz CT molecular complexity index is 608. The summed E-state index contributed by atoms with van der Waals surface area (Å²) in [5.74, 6) is -2.38. The van der Waals surface area contributed by atoms with Crippen molar-refractivity contribution >= 4 is 11.7 Å². The molecule has 1 aromatic carbocycles. The number of rotatable bonds is 5. The van der Waals surface area contributed by atoms with Crippen LogP contribution in [0.15, 0.2) is 24.3 Å². The number of ether oxygens (including phenoxy) is 1. The highest BCUT2D eigenvalue weighted by molar-refractivity contribution is 5.66. The summed E-state index contributed by atoms with van der Waals surface area (Å²) in [6.07, 6.45) is -6.08. The van der Waals surface area contributed by atoms with Gasteiger partial charge in [-0.25, -0.2) is 0 Å². The second-order valence-corrected chi connectivity index (χ2v) is 5.94. The Morgan fingerprint density at radius 2 is 1.79 bits per heavy atom. The number of aliphatic hydroxyl groups is 6. The molecule has 0 aliphatic heterocycles. The van der Waals surface area contributed by atoms with Crippen molar-refractivity contribution in [1.82, 2.24) is 0 Å². The van der Waals surface area contributed by atoms with Crippen molar-refractivity contribution in [3.8, 4) is 0 Å². The normalized spacial score (nSPS) is 35.0. The monoisotopic (exact) mass is 343 g/mol. The number of hydrogen-bond donors (Lipinski definition) is 7. The number of esters is 1. The van der Waals surface area contributed by atoms with Gasteiger partial charge in [0.05, 0.1) is 12.5 Å². The highest BCUT2D eigenvalue weighted by atomic mass is 16.7. The summed E-state index contributed by atoms with van der Waals surface area (Å²) < 4.78 is 4.54. The van der Waals surface area contributed by atoms with Gasteiger partial charge in [-0.3, -0.25) is 4.79 Å². The number of nitrogens with two attached hydrogens (primary N) is 1. The number of benzene rings is 1. The Morgan fingerprint density at radius 3 is 2.25 bits per heavy atom. The van der Waals surface area contributed by atoms with Gasteiger partial charge in [0.1, 0.15) is 17.8 Å². The van der Waals surface area contributed by atoms with E-state index in [0.29, 0.717) is 5.69 Å². The first-order chi connectivity index (χ1) is 11.1. The van der Waals surface area contributed by atoms with E-state index in [0.717, 1.165) is 6.92 Å². The third-order valence-corrected chi connectivity index (χ3v) is 4.45. The molecular formula is C15H21NO8. The summed E-state index contributed by atoms with van der Waals surface area (Å²) in [4.78, 5) is 11.0. The van der Waals surface area contributed by atoms with Gasteiger partial charge in [0.2, 0.25) is 6.29 Å². The molecule has 0 saturated heterocycles. The summed E-state index contributed by atoms with van der Waals surface area (Å²) in [7, 11) is 0. The second kappa shape index (κ2) is 6.28. The lowest BCUT2D eigenvalue weighted by Crippen LogP contribution is -2.83. The van der Waals surface area contributed by atoms with Gasteiger partial charge < -0.3 is 41.1 Å². The number of nitrogen functional groups attached to an aromatic ring is 1. The summed E-state index contributed by atoms with van der Waals surface area (Å²) in [5.41, 5.74) is 1.30. The van der Waals surface area contributed by atoms with E-state index < -0.39 is 48.2 Å². The third kappa shape index (κ3) is 2.55. The molecule has 1 saturated carbocycles. The van der Waals surface area contributed by atoms with Crippen molar-refractivity contribution in [3.63, 3.8) is 0 Å². The molecule has 134 valence electrons. The molecule has 9 heteroatoms. The molecule has 0 heterocycles. The van der Waals surface area contributed by atoms with Crippen LogP contribution in [-0.2, 0) is 9.53 Å². The Balaban J connectivity index is 2.50. The predicted octanol–water partition coefficient (Wildman–Crippen LogP) is -2.58. The molecule has 0 bridgehead atoms. The molecule has 0 amide bonds. The number of carbonyl (C=O) groups excluding carboxylic acids is 1. The van der Waals surface area contributed by atoms with Gasteiger partial charge in [-0.15, -0.1) is 0 Å². The average Bonchev–Trinajstić information content (AvgIpc) is 2.54. The van der Waals surface area contributed by atoms with Crippen LogP contribution < -0.4 is 5.73 Å². The molecule has 24 heavy (non-hydrogen) atoms. The third-order valence-electron chi connectivity index (χ3n) is 4.45. The van der Waals surface area contributed by atoms with Crippen LogP contribution in [0.4, 0.5) is 5.69 Å². The molecule has 2 unspecified atom stereocenters. The van der Waals surface area contributed by atoms with Crippen molar-refractivity contribution in [2.75, 3.05) is 12.3 Å². The Labute approximate surface area is 137 Å². The second-order valence-electron chi connectivity index (χ2n) is 5.94. The maximum Gasteiger partial charge on any atom is 0.305 e. The fourth-order valence-electron chi connectivity index (χ4n) is 3.23. The molecule has 9 nitrogen and oxygen atoms in total. The lowest BCUT2D eigenvalue weighted by atomic mass is 9.51. The van der Waals surface area contributed by atoms with Gasteiger partial charge in [0, 0.05) is 12.6 Å². The first-order valence-electron chi connectivity index (χ1n) is 7.22. The van der Waals surface area contributed by atoms with E-state index >= 15 is 0 Å². The van der Waals surface area contributed by atoms with Crippen LogP contribution in [0.1, 0.15) is 18.4 Å². The van der Waals surface area contributed by atoms with Crippen LogP contribution in [0.3, 0.4) is 0 Å². The molecule has 0 radical (unpaired) electrons. The molecule has 6 atom stereocenters. The van der Waals surface area contributed by atoms with Crippen molar-refractivity contribution in [2.24, 2.45) is 0 Å². The minimum atomic E-state index is -2.49. The maximum atomic E-state index is 11.0. The predicted molar refractivity (Wildman–Crippen MR) is 80.4 cm³/mol. The maximum absolute atomic E-state index is 11.0. The lowest BCUT2D eigenvalue weighted by molar-refractivity contribution is -0.369. The molecule has 8 N–H and O–H groups in total. The summed E-state index contributed by atoms with van der Waals surface area (Å²) in [5, 5.41) is 60.6. The molecule has 1 aliphatic rings. The minimum absolute atomic E-state index is 0.207.